The van der Waals surface area contributed by atoms with E-state index in [1.54, 1.807) is 0 Å². The second-order valence-corrected chi connectivity index (χ2v) is 7.33. The van der Waals surface area contributed by atoms with Gasteiger partial charge in [-0.05, 0) is 62.7 Å². The summed E-state index contributed by atoms with van der Waals surface area (Å²) in [5.74, 6) is 4.00. The maximum absolute atomic E-state index is 12.2. The number of hydrogen-bond acceptors (Lipinski definition) is 2. The van der Waals surface area contributed by atoms with Crippen molar-refractivity contribution >= 4 is 5.91 Å². The summed E-state index contributed by atoms with van der Waals surface area (Å²) in [6, 6.07) is 0.795. The maximum atomic E-state index is 12.2. The minimum absolute atomic E-state index is 0.151. The number of rotatable bonds is 6. The van der Waals surface area contributed by atoms with Gasteiger partial charge >= 0.3 is 0 Å². The molecule has 3 rings (SSSR count). The molecule has 3 heteroatoms. The Morgan fingerprint density at radius 3 is 2.42 bits per heavy atom. The number of amides is 1. The Morgan fingerprint density at radius 1 is 1.21 bits per heavy atom. The van der Waals surface area contributed by atoms with Crippen molar-refractivity contribution in [3.05, 3.63) is 0 Å². The number of nitrogens with one attached hydrogen (secondary N) is 1. The van der Waals surface area contributed by atoms with Gasteiger partial charge in [0.2, 0.25) is 5.91 Å². The van der Waals surface area contributed by atoms with Crippen LogP contribution in [0.3, 0.4) is 0 Å². The molecule has 3 saturated carbocycles. The number of nitrogens with two attached hydrogens (primary N) is 1. The van der Waals surface area contributed by atoms with Crippen LogP contribution in [0.25, 0.3) is 0 Å². The van der Waals surface area contributed by atoms with Crippen LogP contribution in [-0.4, -0.2) is 18.0 Å². The number of hydrogen-bond donors (Lipinski definition) is 2. The third kappa shape index (κ3) is 2.54. The molecule has 3 aliphatic rings. The summed E-state index contributed by atoms with van der Waals surface area (Å²) < 4.78 is 0. The van der Waals surface area contributed by atoms with Crippen LogP contribution < -0.4 is 11.1 Å². The molecule has 0 aromatic heterocycles. The molecular formula is C16H28N2O. The van der Waals surface area contributed by atoms with Gasteiger partial charge in [0.1, 0.15) is 0 Å². The van der Waals surface area contributed by atoms with E-state index >= 15 is 0 Å². The standard InChI is InChI=1S/C16H28N2O/c1-9(4-3-5-10(2)17)16(19)18-15-13-11-6-7-12(8-11)14(13)15/h9-15H,3-8,17H2,1-2H3,(H,18,19). The van der Waals surface area contributed by atoms with Gasteiger partial charge in [0, 0.05) is 18.0 Å². The van der Waals surface area contributed by atoms with Gasteiger partial charge in [-0.25, -0.2) is 0 Å². The van der Waals surface area contributed by atoms with Crippen LogP contribution in [-0.2, 0) is 4.79 Å². The monoisotopic (exact) mass is 264 g/mol. The van der Waals surface area contributed by atoms with Gasteiger partial charge in [0.15, 0.2) is 0 Å². The first-order valence-corrected chi connectivity index (χ1v) is 8.14. The summed E-state index contributed by atoms with van der Waals surface area (Å²) in [4.78, 5) is 12.2. The molecule has 1 amide bonds. The molecule has 6 atom stereocenters. The summed E-state index contributed by atoms with van der Waals surface area (Å²) in [5, 5.41) is 3.32. The van der Waals surface area contributed by atoms with Gasteiger partial charge in [-0.2, -0.15) is 0 Å². The van der Waals surface area contributed by atoms with Crippen LogP contribution in [0.2, 0.25) is 0 Å². The van der Waals surface area contributed by atoms with Crippen molar-refractivity contribution in [1.29, 1.82) is 0 Å². The lowest BCUT2D eigenvalue weighted by Gasteiger charge is -2.15. The average molecular weight is 264 g/mol. The van der Waals surface area contributed by atoms with Crippen LogP contribution in [0.5, 0.6) is 0 Å². The molecule has 3 aliphatic carbocycles. The van der Waals surface area contributed by atoms with E-state index < -0.39 is 0 Å². The molecule has 0 saturated heterocycles. The Labute approximate surface area is 116 Å². The second kappa shape index (κ2) is 5.08. The number of carbonyl (C=O) groups is 1. The average Bonchev–Trinajstić information content (AvgIpc) is 2.76. The highest BCUT2D eigenvalue weighted by molar-refractivity contribution is 5.79. The summed E-state index contributed by atoms with van der Waals surface area (Å²) in [7, 11) is 0. The van der Waals surface area contributed by atoms with E-state index in [1.807, 2.05) is 6.92 Å². The van der Waals surface area contributed by atoms with Gasteiger partial charge < -0.3 is 11.1 Å². The Hall–Kier alpha value is -0.570. The topological polar surface area (TPSA) is 55.1 Å². The van der Waals surface area contributed by atoms with Crippen LogP contribution >= 0.6 is 0 Å². The highest BCUT2D eigenvalue weighted by Gasteiger charge is 2.65. The van der Waals surface area contributed by atoms with E-state index in [0.717, 1.165) is 42.9 Å². The van der Waals surface area contributed by atoms with Crippen molar-refractivity contribution in [3.8, 4) is 0 Å². The zero-order valence-corrected chi connectivity index (χ0v) is 12.3. The molecule has 19 heavy (non-hydrogen) atoms. The molecule has 108 valence electrons. The predicted molar refractivity (Wildman–Crippen MR) is 76.4 cm³/mol. The van der Waals surface area contributed by atoms with E-state index in [2.05, 4.69) is 12.2 Å². The zero-order chi connectivity index (χ0) is 13.6. The fourth-order valence-electron chi connectivity index (χ4n) is 4.70. The van der Waals surface area contributed by atoms with Crippen molar-refractivity contribution < 1.29 is 4.79 Å². The van der Waals surface area contributed by atoms with Crippen LogP contribution in [0.15, 0.2) is 0 Å². The van der Waals surface area contributed by atoms with Crippen LogP contribution in [0.4, 0.5) is 0 Å². The smallest absolute Gasteiger partial charge is 0.223 e. The molecule has 0 spiro atoms. The lowest BCUT2D eigenvalue weighted by atomic mass is 10.0. The predicted octanol–water partition coefficient (Wildman–Crippen LogP) is 2.30. The van der Waals surface area contributed by atoms with E-state index in [1.165, 1.54) is 19.3 Å². The molecule has 2 bridgehead atoms. The molecule has 0 aromatic rings. The van der Waals surface area contributed by atoms with Gasteiger partial charge in [-0.3, -0.25) is 4.79 Å². The minimum atomic E-state index is 0.151. The third-order valence-electron chi connectivity index (χ3n) is 5.79. The molecule has 0 heterocycles. The molecule has 6 unspecified atom stereocenters. The van der Waals surface area contributed by atoms with Crippen molar-refractivity contribution in [3.63, 3.8) is 0 Å². The number of fused-ring (bicyclic) bond motifs is 5. The van der Waals surface area contributed by atoms with E-state index in [-0.39, 0.29) is 17.9 Å². The first kappa shape index (κ1) is 13.4. The molecule has 3 N–H and O–H groups in total. The lowest BCUT2D eigenvalue weighted by molar-refractivity contribution is -0.125. The quantitative estimate of drug-likeness (QED) is 0.773. The van der Waals surface area contributed by atoms with Crippen LogP contribution in [0, 0.1) is 29.6 Å². The Kier molecular flexibility index (Phi) is 3.59. The van der Waals surface area contributed by atoms with Crippen LogP contribution in [0.1, 0.15) is 52.4 Å². The van der Waals surface area contributed by atoms with Gasteiger partial charge in [-0.15, -0.1) is 0 Å². The van der Waals surface area contributed by atoms with Crippen molar-refractivity contribution in [2.45, 2.75) is 64.5 Å². The molecule has 0 radical (unpaired) electrons. The van der Waals surface area contributed by atoms with E-state index in [0.29, 0.717) is 6.04 Å². The highest BCUT2D eigenvalue weighted by atomic mass is 16.2. The SMILES string of the molecule is CC(N)CCCC(C)C(=O)NC1C2C3CCC(C3)C12. The first-order valence-electron chi connectivity index (χ1n) is 8.14. The largest absolute Gasteiger partial charge is 0.353 e. The first-order chi connectivity index (χ1) is 9.08. The Bertz CT molecular complexity index is 339. The van der Waals surface area contributed by atoms with Crippen molar-refractivity contribution in [1.82, 2.24) is 5.32 Å². The number of carbonyl (C=O) groups excluding carboxylic acids is 1. The fourth-order valence-corrected chi connectivity index (χ4v) is 4.70. The van der Waals surface area contributed by atoms with Crippen molar-refractivity contribution in [2.75, 3.05) is 0 Å². The summed E-state index contributed by atoms with van der Waals surface area (Å²) in [6.07, 6.45) is 7.35. The Balaban J connectivity index is 1.40. The third-order valence-corrected chi connectivity index (χ3v) is 5.79. The van der Waals surface area contributed by atoms with Gasteiger partial charge in [0.25, 0.3) is 0 Å². The molecular weight excluding hydrogens is 236 g/mol. The fraction of sp³-hybridized carbons (Fsp3) is 0.938. The highest BCUT2D eigenvalue weighted by Crippen LogP contribution is 2.65. The zero-order valence-electron chi connectivity index (χ0n) is 12.3. The molecule has 0 aliphatic heterocycles. The van der Waals surface area contributed by atoms with Crippen molar-refractivity contribution in [2.24, 2.45) is 35.3 Å². The van der Waals surface area contributed by atoms with Gasteiger partial charge in [-0.1, -0.05) is 13.3 Å². The lowest BCUT2D eigenvalue weighted by Crippen LogP contribution is -2.34. The van der Waals surface area contributed by atoms with Gasteiger partial charge in [0.05, 0.1) is 0 Å². The van der Waals surface area contributed by atoms with E-state index in [9.17, 15) is 4.79 Å². The van der Waals surface area contributed by atoms with E-state index in [4.69, 9.17) is 5.73 Å². The normalized spacial score (nSPS) is 41.7. The molecule has 0 aromatic carbocycles. The molecule has 3 nitrogen and oxygen atoms in total. The summed E-state index contributed by atoms with van der Waals surface area (Å²) in [6.45, 7) is 4.09. The second-order valence-electron chi connectivity index (χ2n) is 7.33. The molecule has 3 fully saturated rings. The maximum Gasteiger partial charge on any atom is 0.223 e. The minimum Gasteiger partial charge on any atom is -0.353 e. The summed E-state index contributed by atoms with van der Waals surface area (Å²) >= 11 is 0. The summed E-state index contributed by atoms with van der Waals surface area (Å²) in [5.41, 5.74) is 5.74. The Morgan fingerprint density at radius 2 is 1.84 bits per heavy atom.